The molecule has 1 amide bonds. The highest BCUT2D eigenvalue weighted by Crippen LogP contribution is 2.27. The average molecular weight is 290 g/mol. The summed E-state index contributed by atoms with van der Waals surface area (Å²) in [5.74, 6) is -2.80. The maximum atomic E-state index is 12.5. The fourth-order valence-corrected chi connectivity index (χ4v) is 1.53. The Morgan fingerprint density at radius 2 is 1.95 bits per heavy atom. The summed E-state index contributed by atoms with van der Waals surface area (Å²) in [6.07, 6.45) is -4.58. The van der Waals surface area contributed by atoms with Gasteiger partial charge in [0.2, 0.25) is 5.91 Å². The number of hydroxylamine groups is 1. The van der Waals surface area contributed by atoms with Crippen LogP contribution in [-0.4, -0.2) is 29.6 Å². The Morgan fingerprint density at radius 3 is 2.45 bits per heavy atom. The second-order valence-corrected chi connectivity index (χ2v) is 3.94. The van der Waals surface area contributed by atoms with Crippen LogP contribution in [0.15, 0.2) is 18.2 Å². The highest BCUT2D eigenvalue weighted by Gasteiger charge is 2.40. The number of carbonyl (C=O) groups excluding carboxylic acids is 2. The first-order chi connectivity index (χ1) is 9.29. The molecule has 1 aromatic carbocycles. The van der Waals surface area contributed by atoms with Crippen LogP contribution in [0.1, 0.15) is 22.8 Å². The third kappa shape index (κ3) is 4.04. The first-order valence-corrected chi connectivity index (χ1v) is 5.70. The van der Waals surface area contributed by atoms with Crippen LogP contribution in [-0.2, 0) is 11.2 Å². The predicted octanol–water partition coefficient (Wildman–Crippen LogP) is 1.91. The van der Waals surface area contributed by atoms with E-state index >= 15 is 0 Å². The van der Waals surface area contributed by atoms with Gasteiger partial charge in [0.25, 0.3) is 5.78 Å². The summed E-state index contributed by atoms with van der Waals surface area (Å²) in [5, 5.41) is 10.5. The van der Waals surface area contributed by atoms with Crippen molar-refractivity contribution >= 4 is 17.4 Å². The van der Waals surface area contributed by atoms with Crippen molar-refractivity contribution < 1.29 is 28.0 Å². The molecule has 0 bridgehead atoms. The lowest BCUT2D eigenvalue weighted by atomic mass is 10.0. The van der Waals surface area contributed by atoms with E-state index in [0.717, 1.165) is 6.07 Å². The van der Waals surface area contributed by atoms with Crippen LogP contribution >= 0.6 is 0 Å². The largest absolute Gasteiger partial charge is 0.454 e. The number of aryl methyl sites for hydroxylation is 1. The smallest absolute Gasteiger partial charge is 0.324 e. The third-order valence-electron chi connectivity index (χ3n) is 2.51. The Morgan fingerprint density at radius 1 is 1.30 bits per heavy atom. The summed E-state index contributed by atoms with van der Waals surface area (Å²) < 4.78 is 37.6. The van der Waals surface area contributed by atoms with E-state index in [1.165, 1.54) is 12.1 Å². The van der Waals surface area contributed by atoms with Crippen LogP contribution in [0.25, 0.3) is 0 Å². The third-order valence-corrected chi connectivity index (χ3v) is 2.51. The summed E-state index contributed by atoms with van der Waals surface area (Å²) >= 11 is 0. The van der Waals surface area contributed by atoms with E-state index < -0.39 is 30.0 Å². The van der Waals surface area contributed by atoms with Gasteiger partial charge in [-0.15, -0.1) is 0 Å². The van der Waals surface area contributed by atoms with Crippen molar-refractivity contribution in [3.8, 4) is 0 Å². The number of nitrogens with one attached hydrogen (secondary N) is 2. The van der Waals surface area contributed by atoms with E-state index in [1.807, 2.05) is 0 Å². The maximum absolute atomic E-state index is 12.5. The number of Topliss-reactive ketones (excluding diaryl/α,β-unsaturated/α-hetero) is 1. The zero-order chi connectivity index (χ0) is 15.3. The normalized spacial score (nSPS) is 11.2. The van der Waals surface area contributed by atoms with Crippen LogP contribution in [0.2, 0.25) is 0 Å². The second kappa shape index (κ2) is 6.49. The molecular weight excluding hydrogens is 277 g/mol. The van der Waals surface area contributed by atoms with Crippen LogP contribution in [0, 0.1) is 0 Å². The van der Waals surface area contributed by atoms with Crippen molar-refractivity contribution in [2.45, 2.75) is 19.5 Å². The Kier molecular flexibility index (Phi) is 5.23. The zero-order valence-corrected chi connectivity index (χ0v) is 10.5. The molecule has 0 atom stereocenters. The molecule has 20 heavy (non-hydrogen) atoms. The lowest BCUT2D eigenvalue weighted by molar-refractivity contribution is -0.116. The van der Waals surface area contributed by atoms with E-state index in [1.54, 1.807) is 12.4 Å². The molecule has 0 saturated carbocycles. The van der Waals surface area contributed by atoms with Gasteiger partial charge in [-0.05, 0) is 24.1 Å². The summed E-state index contributed by atoms with van der Waals surface area (Å²) in [6, 6.07) is 3.83. The van der Waals surface area contributed by atoms with Gasteiger partial charge >= 0.3 is 6.18 Å². The first kappa shape index (κ1) is 16.1. The number of alkyl halides is 3. The summed E-state index contributed by atoms with van der Waals surface area (Å²) in [7, 11) is 0. The van der Waals surface area contributed by atoms with Crippen molar-refractivity contribution in [1.82, 2.24) is 5.48 Å². The predicted molar refractivity (Wildman–Crippen MR) is 64.6 cm³/mol. The van der Waals surface area contributed by atoms with E-state index in [0.29, 0.717) is 12.0 Å². The molecule has 0 unspecified atom stereocenters. The number of carbonyl (C=O) groups is 2. The summed E-state index contributed by atoms with van der Waals surface area (Å²) in [5.41, 5.74) is 1.24. The highest BCUT2D eigenvalue weighted by atomic mass is 19.4. The standard InChI is InChI=1S/C12H13F3N2O3/c1-2-7-3-4-9(17-10(18)6-16-20)8(5-7)11(19)12(13,14)15/h3-5,16,20H,2,6H2,1H3,(H,17,18). The van der Waals surface area contributed by atoms with Crippen molar-refractivity contribution in [2.24, 2.45) is 0 Å². The van der Waals surface area contributed by atoms with Crippen LogP contribution in [0.3, 0.4) is 0 Å². The monoisotopic (exact) mass is 290 g/mol. The fourth-order valence-electron chi connectivity index (χ4n) is 1.53. The molecule has 0 aromatic heterocycles. The quantitative estimate of drug-likeness (QED) is 0.572. The van der Waals surface area contributed by atoms with Crippen molar-refractivity contribution in [3.05, 3.63) is 29.3 Å². The molecule has 110 valence electrons. The average Bonchev–Trinajstić information content (AvgIpc) is 2.37. The van der Waals surface area contributed by atoms with Gasteiger partial charge in [0.1, 0.15) is 6.54 Å². The second-order valence-electron chi connectivity index (χ2n) is 3.94. The van der Waals surface area contributed by atoms with Gasteiger partial charge in [-0.2, -0.15) is 18.7 Å². The number of halogens is 3. The number of amides is 1. The molecule has 0 heterocycles. The molecule has 0 fully saturated rings. The Balaban J connectivity index is 3.17. The highest BCUT2D eigenvalue weighted by molar-refractivity contribution is 6.07. The van der Waals surface area contributed by atoms with Gasteiger partial charge in [0.05, 0.1) is 11.3 Å². The SMILES string of the molecule is CCc1ccc(NC(=O)CNO)c(C(=O)C(F)(F)F)c1. The lowest BCUT2D eigenvalue weighted by Gasteiger charge is -2.13. The van der Waals surface area contributed by atoms with Crippen LogP contribution in [0.4, 0.5) is 18.9 Å². The molecule has 5 nitrogen and oxygen atoms in total. The van der Waals surface area contributed by atoms with E-state index in [4.69, 9.17) is 5.21 Å². The van der Waals surface area contributed by atoms with Crippen molar-refractivity contribution in [1.29, 1.82) is 0 Å². The maximum Gasteiger partial charge on any atom is 0.454 e. The Bertz CT molecular complexity index is 515. The van der Waals surface area contributed by atoms with E-state index in [-0.39, 0.29) is 5.69 Å². The number of anilines is 1. The van der Waals surface area contributed by atoms with Crippen molar-refractivity contribution in [2.75, 3.05) is 11.9 Å². The molecular formula is C12H13F3N2O3. The molecule has 1 aromatic rings. The van der Waals surface area contributed by atoms with E-state index in [2.05, 4.69) is 5.32 Å². The minimum Gasteiger partial charge on any atom is -0.324 e. The molecule has 0 saturated heterocycles. The Labute approximate surface area is 112 Å². The molecule has 0 aliphatic heterocycles. The van der Waals surface area contributed by atoms with Gasteiger partial charge in [-0.25, -0.2) is 0 Å². The topological polar surface area (TPSA) is 78.4 Å². The molecule has 0 aliphatic carbocycles. The van der Waals surface area contributed by atoms with Gasteiger partial charge in [-0.1, -0.05) is 13.0 Å². The van der Waals surface area contributed by atoms with E-state index in [9.17, 15) is 22.8 Å². The Hall–Kier alpha value is -1.93. The fraction of sp³-hybridized carbons (Fsp3) is 0.333. The molecule has 1 rings (SSSR count). The summed E-state index contributed by atoms with van der Waals surface area (Å²) in [4.78, 5) is 22.6. The molecule has 0 aliphatic rings. The lowest BCUT2D eigenvalue weighted by Crippen LogP contribution is -2.28. The number of hydrogen-bond donors (Lipinski definition) is 3. The number of hydrogen-bond acceptors (Lipinski definition) is 4. The minimum absolute atomic E-state index is 0.246. The molecule has 8 heteroatoms. The van der Waals surface area contributed by atoms with Gasteiger partial charge < -0.3 is 10.5 Å². The number of benzene rings is 1. The van der Waals surface area contributed by atoms with Gasteiger partial charge in [-0.3, -0.25) is 9.59 Å². The molecule has 0 spiro atoms. The minimum atomic E-state index is -5.03. The number of rotatable bonds is 5. The van der Waals surface area contributed by atoms with Gasteiger partial charge in [0.15, 0.2) is 0 Å². The van der Waals surface area contributed by atoms with Gasteiger partial charge in [0, 0.05) is 0 Å². The van der Waals surface area contributed by atoms with Crippen LogP contribution in [0.5, 0.6) is 0 Å². The first-order valence-electron chi connectivity index (χ1n) is 5.70. The molecule has 3 N–H and O–H groups in total. The van der Waals surface area contributed by atoms with Crippen molar-refractivity contribution in [3.63, 3.8) is 0 Å². The van der Waals surface area contributed by atoms with Crippen LogP contribution < -0.4 is 10.8 Å². The number of ketones is 1. The zero-order valence-electron chi connectivity index (χ0n) is 10.5. The summed E-state index contributed by atoms with van der Waals surface area (Å²) in [6.45, 7) is 1.22. The molecule has 0 radical (unpaired) electrons.